The van der Waals surface area contributed by atoms with E-state index >= 15 is 0 Å². The van der Waals surface area contributed by atoms with Crippen LogP contribution in [0.15, 0.2) is 18.8 Å². The van der Waals surface area contributed by atoms with Gasteiger partial charge < -0.3 is 0 Å². The Kier molecular flexibility index (Phi) is 3.06. The van der Waals surface area contributed by atoms with Gasteiger partial charge in [0, 0.05) is 17.6 Å². The molecule has 0 radical (unpaired) electrons. The van der Waals surface area contributed by atoms with Gasteiger partial charge in [-0.05, 0) is 11.6 Å². The van der Waals surface area contributed by atoms with Gasteiger partial charge in [0.05, 0.1) is 5.02 Å². The highest BCUT2D eigenvalue weighted by Crippen LogP contribution is 2.19. The normalized spacial score (nSPS) is 9.92. The molecule has 0 spiro atoms. The number of alkyl halides is 1. The van der Waals surface area contributed by atoms with E-state index in [4.69, 9.17) is 23.2 Å². The van der Waals surface area contributed by atoms with Gasteiger partial charge in [0.2, 0.25) is 5.95 Å². The van der Waals surface area contributed by atoms with E-state index in [1.165, 1.54) is 12.3 Å². The van der Waals surface area contributed by atoms with Crippen LogP contribution in [0.5, 0.6) is 0 Å². The second-order valence-corrected chi connectivity index (χ2v) is 2.93. The summed E-state index contributed by atoms with van der Waals surface area (Å²) < 4.78 is 12.9. The maximum absolute atomic E-state index is 12.9. The van der Waals surface area contributed by atoms with Gasteiger partial charge in [-0.2, -0.15) is 4.39 Å². The van der Waals surface area contributed by atoms with E-state index in [2.05, 4.69) is 11.6 Å². The molecule has 0 aromatic carbocycles. The molecule has 1 rings (SSSR count). The van der Waals surface area contributed by atoms with Crippen molar-refractivity contribution >= 4 is 28.8 Å². The average Bonchev–Trinajstić information content (AvgIpc) is 2.08. The Morgan fingerprint density at radius 2 is 2.33 bits per heavy atom. The molecule has 1 nitrogen and oxygen atoms in total. The number of allylic oxidation sites excluding steroid dienone is 1. The predicted molar refractivity (Wildman–Crippen MR) is 49.0 cm³/mol. The van der Waals surface area contributed by atoms with Gasteiger partial charge in [-0.1, -0.05) is 18.2 Å². The van der Waals surface area contributed by atoms with Crippen molar-refractivity contribution in [3.05, 3.63) is 35.4 Å². The molecule has 0 amide bonds. The van der Waals surface area contributed by atoms with Crippen LogP contribution in [0.4, 0.5) is 4.39 Å². The number of halogens is 3. The van der Waals surface area contributed by atoms with Crippen molar-refractivity contribution in [3.8, 4) is 0 Å². The predicted octanol–water partition coefficient (Wildman–Crippen LogP) is 3.13. The lowest BCUT2D eigenvalue weighted by Gasteiger charge is -2.02. The van der Waals surface area contributed by atoms with E-state index in [9.17, 15) is 4.39 Å². The summed E-state index contributed by atoms with van der Waals surface area (Å²) in [4.78, 5) is 3.43. The van der Waals surface area contributed by atoms with Gasteiger partial charge in [-0.25, -0.2) is 4.98 Å². The summed E-state index contributed by atoms with van der Waals surface area (Å²) in [7, 11) is 0. The Morgan fingerprint density at radius 1 is 1.67 bits per heavy atom. The Bertz CT molecular complexity index is 312. The van der Waals surface area contributed by atoms with E-state index in [1.54, 1.807) is 0 Å². The Balaban J connectivity index is 3.13. The number of hydrogen-bond acceptors (Lipinski definition) is 1. The molecule has 0 fully saturated rings. The lowest BCUT2D eigenvalue weighted by Crippen LogP contribution is -1.93. The Morgan fingerprint density at radius 3 is 2.92 bits per heavy atom. The summed E-state index contributed by atoms with van der Waals surface area (Å²) in [5.74, 6) is -0.427. The quantitative estimate of drug-likeness (QED) is 0.535. The molecule has 4 heteroatoms. The van der Waals surface area contributed by atoms with E-state index in [-0.39, 0.29) is 11.4 Å². The molecule has 1 aromatic heterocycles. The molecule has 64 valence electrons. The van der Waals surface area contributed by atoms with Gasteiger partial charge in [0.25, 0.3) is 0 Å². The van der Waals surface area contributed by atoms with Crippen molar-refractivity contribution < 1.29 is 4.39 Å². The number of pyridine rings is 1. The van der Waals surface area contributed by atoms with E-state index in [1.807, 2.05) is 0 Å². The molecular weight excluding hydrogens is 200 g/mol. The smallest absolute Gasteiger partial charge is 0.220 e. The van der Waals surface area contributed by atoms with Crippen molar-refractivity contribution in [2.75, 3.05) is 5.88 Å². The highest BCUT2D eigenvalue weighted by molar-refractivity contribution is 6.30. The number of nitrogens with zero attached hydrogens (tertiary/aromatic N) is 1. The highest BCUT2D eigenvalue weighted by Gasteiger charge is 2.06. The fourth-order valence-electron chi connectivity index (χ4n) is 0.743. The zero-order valence-electron chi connectivity index (χ0n) is 6.15. The highest BCUT2D eigenvalue weighted by atomic mass is 35.5. The molecule has 0 N–H and O–H groups in total. The van der Waals surface area contributed by atoms with Crippen LogP contribution in [0.2, 0.25) is 5.02 Å². The van der Waals surface area contributed by atoms with Gasteiger partial charge in [-0.3, -0.25) is 0 Å². The number of aromatic nitrogens is 1. The largest absolute Gasteiger partial charge is 0.226 e. The minimum Gasteiger partial charge on any atom is -0.226 e. The third kappa shape index (κ3) is 1.96. The summed E-state index contributed by atoms with van der Waals surface area (Å²) in [6.07, 6.45) is 1.24. The summed E-state index contributed by atoms with van der Waals surface area (Å²) in [5, 5.41) is 0.373. The lowest BCUT2D eigenvalue weighted by atomic mass is 10.1. The van der Waals surface area contributed by atoms with Crippen molar-refractivity contribution in [2.24, 2.45) is 0 Å². The van der Waals surface area contributed by atoms with Crippen molar-refractivity contribution in [1.82, 2.24) is 4.98 Å². The van der Waals surface area contributed by atoms with E-state index in [0.29, 0.717) is 10.6 Å². The van der Waals surface area contributed by atoms with Crippen LogP contribution in [0.25, 0.3) is 5.57 Å². The SMILES string of the molecule is C=C(CCl)c1cc(Cl)cnc1F. The second kappa shape index (κ2) is 3.87. The first-order valence-corrected chi connectivity index (χ1v) is 4.11. The minimum atomic E-state index is -0.593. The minimum absolute atomic E-state index is 0.166. The van der Waals surface area contributed by atoms with Crippen LogP contribution in [0.1, 0.15) is 5.56 Å². The molecule has 0 bridgehead atoms. The Labute approximate surface area is 79.8 Å². The topological polar surface area (TPSA) is 12.9 Å². The second-order valence-electron chi connectivity index (χ2n) is 2.23. The first-order chi connectivity index (χ1) is 5.65. The molecule has 0 aliphatic carbocycles. The van der Waals surface area contributed by atoms with Crippen LogP contribution < -0.4 is 0 Å². The fraction of sp³-hybridized carbons (Fsp3) is 0.125. The first-order valence-electron chi connectivity index (χ1n) is 3.20. The summed E-state index contributed by atoms with van der Waals surface area (Å²) >= 11 is 11.1. The van der Waals surface area contributed by atoms with Gasteiger partial charge in [0.15, 0.2) is 0 Å². The third-order valence-electron chi connectivity index (χ3n) is 1.35. The van der Waals surface area contributed by atoms with Crippen LogP contribution in [-0.4, -0.2) is 10.9 Å². The summed E-state index contributed by atoms with van der Waals surface area (Å²) in [6.45, 7) is 3.57. The van der Waals surface area contributed by atoms with E-state index in [0.717, 1.165) is 0 Å². The summed E-state index contributed by atoms with van der Waals surface area (Å²) in [6, 6.07) is 1.45. The molecule has 0 saturated heterocycles. The molecule has 0 unspecified atom stereocenters. The van der Waals surface area contributed by atoms with E-state index < -0.39 is 5.95 Å². The summed E-state index contributed by atoms with van der Waals surface area (Å²) in [5.41, 5.74) is 0.752. The van der Waals surface area contributed by atoms with Crippen molar-refractivity contribution in [2.45, 2.75) is 0 Å². The maximum Gasteiger partial charge on any atom is 0.220 e. The number of hydrogen-bond donors (Lipinski definition) is 0. The zero-order chi connectivity index (χ0) is 9.14. The third-order valence-corrected chi connectivity index (χ3v) is 1.88. The Hall–Kier alpha value is -0.600. The van der Waals surface area contributed by atoms with Gasteiger partial charge in [0.1, 0.15) is 0 Å². The fourth-order valence-corrected chi connectivity index (χ4v) is 1.04. The molecule has 0 aliphatic rings. The standard InChI is InChI=1S/C8H6Cl2FN/c1-5(3-9)7-2-6(10)4-12-8(7)11/h2,4H,1,3H2. The molecule has 0 saturated carbocycles. The van der Waals surface area contributed by atoms with Crippen LogP contribution >= 0.6 is 23.2 Å². The maximum atomic E-state index is 12.9. The lowest BCUT2D eigenvalue weighted by molar-refractivity contribution is 0.580. The van der Waals surface area contributed by atoms with Crippen LogP contribution in [0.3, 0.4) is 0 Å². The van der Waals surface area contributed by atoms with Crippen molar-refractivity contribution in [1.29, 1.82) is 0 Å². The monoisotopic (exact) mass is 205 g/mol. The van der Waals surface area contributed by atoms with Crippen LogP contribution in [-0.2, 0) is 0 Å². The van der Waals surface area contributed by atoms with Crippen molar-refractivity contribution in [3.63, 3.8) is 0 Å². The molecule has 1 heterocycles. The van der Waals surface area contributed by atoms with Crippen LogP contribution in [0, 0.1) is 5.95 Å². The van der Waals surface area contributed by atoms with Gasteiger partial charge in [-0.15, -0.1) is 11.6 Å². The molecule has 1 aromatic rings. The molecular formula is C8H6Cl2FN. The first kappa shape index (κ1) is 9.49. The molecule has 0 aliphatic heterocycles. The van der Waals surface area contributed by atoms with Gasteiger partial charge >= 0.3 is 0 Å². The average molecular weight is 206 g/mol. The number of rotatable bonds is 2. The molecule has 0 atom stereocenters. The molecule has 12 heavy (non-hydrogen) atoms. The zero-order valence-corrected chi connectivity index (χ0v) is 7.66.